The molecule has 4 aromatic rings. The number of nitrogens with zero attached hydrogens (tertiary/aromatic N) is 1. The molecular weight excluding hydrogens is 511 g/mol. The van der Waals surface area contributed by atoms with Crippen LogP contribution in [0.25, 0.3) is 11.0 Å². The second kappa shape index (κ2) is 10.6. The molecule has 1 heterocycles. The van der Waals surface area contributed by atoms with Crippen LogP contribution in [0, 0.1) is 10.1 Å². The normalized spacial score (nSPS) is 11.3. The van der Waals surface area contributed by atoms with E-state index in [2.05, 4.69) is 0 Å². The Morgan fingerprint density at radius 1 is 1.00 bits per heavy atom. The van der Waals surface area contributed by atoms with Gasteiger partial charge in [-0.3, -0.25) is 14.9 Å². The molecule has 0 spiro atoms. The predicted octanol–water partition coefficient (Wildman–Crippen LogP) is 6.27. The molecule has 0 amide bonds. The molecule has 0 bridgehead atoms. The first-order valence-corrected chi connectivity index (χ1v) is 11.1. The van der Waals surface area contributed by atoms with Crippen LogP contribution in [0.1, 0.15) is 28.6 Å². The summed E-state index contributed by atoms with van der Waals surface area (Å²) in [6.07, 6.45) is -5.07. The molecule has 0 N–H and O–H groups in total. The SMILES string of the molecule is CCOC(=O)c1ccc(Oc2c(C(F)(F)F)oc3cc(OCc4ccc([N+](=O)[O-])cc4)ccc3c2=O)cc1. The first kappa shape index (κ1) is 26.2. The second-order valence-electron chi connectivity index (χ2n) is 7.80. The van der Waals surface area contributed by atoms with Crippen molar-refractivity contribution in [2.24, 2.45) is 0 Å². The Morgan fingerprint density at radius 2 is 1.66 bits per heavy atom. The fourth-order valence-electron chi connectivity index (χ4n) is 3.40. The molecule has 0 radical (unpaired) electrons. The van der Waals surface area contributed by atoms with E-state index in [-0.39, 0.29) is 46.9 Å². The van der Waals surface area contributed by atoms with Gasteiger partial charge in [-0.25, -0.2) is 4.79 Å². The Hall–Kier alpha value is -4.87. The number of carbonyl (C=O) groups excluding carboxylic acids is 1. The molecule has 0 aliphatic rings. The molecule has 196 valence electrons. The number of alkyl halides is 3. The van der Waals surface area contributed by atoms with Crippen molar-refractivity contribution in [3.05, 3.63) is 104 Å². The van der Waals surface area contributed by atoms with Crippen molar-refractivity contribution < 1.29 is 41.5 Å². The molecule has 0 saturated heterocycles. The number of hydrogen-bond acceptors (Lipinski definition) is 8. The number of fused-ring (bicyclic) bond motifs is 1. The van der Waals surface area contributed by atoms with Crippen LogP contribution < -0.4 is 14.9 Å². The number of esters is 1. The quantitative estimate of drug-likeness (QED) is 0.149. The fourth-order valence-corrected chi connectivity index (χ4v) is 3.40. The standard InChI is InChI=1S/C26H18F3NO8/c1-2-35-25(32)16-5-9-18(10-6-16)37-23-22(31)20-12-11-19(13-21(20)38-24(23)26(27,28)29)36-14-15-3-7-17(8-4-15)30(33)34/h3-13H,2,14H2,1H3. The molecule has 3 aromatic carbocycles. The predicted molar refractivity (Wildman–Crippen MR) is 127 cm³/mol. The zero-order valence-electron chi connectivity index (χ0n) is 19.6. The van der Waals surface area contributed by atoms with Crippen molar-refractivity contribution in [2.75, 3.05) is 6.61 Å². The summed E-state index contributed by atoms with van der Waals surface area (Å²) in [7, 11) is 0. The smallest absolute Gasteiger partial charge is 0.453 e. The van der Waals surface area contributed by atoms with Crippen LogP contribution >= 0.6 is 0 Å². The van der Waals surface area contributed by atoms with E-state index in [0.29, 0.717) is 5.56 Å². The van der Waals surface area contributed by atoms with Gasteiger partial charge >= 0.3 is 12.1 Å². The third kappa shape index (κ3) is 5.75. The summed E-state index contributed by atoms with van der Waals surface area (Å²) >= 11 is 0. The third-order valence-corrected chi connectivity index (χ3v) is 5.22. The van der Waals surface area contributed by atoms with Crippen molar-refractivity contribution >= 4 is 22.6 Å². The van der Waals surface area contributed by atoms with Gasteiger partial charge in [0.15, 0.2) is 0 Å². The van der Waals surface area contributed by atoms with Crippen LogP contribution in [0.3, 0.4) is 0 Å². The summed E-state index contributed by atoms with van der Waals surface area (Å²) in [5.41, 5.74) is -0.815. The molecule has 38 heavy (non-hydrogen) atoms. The molecule has 9 nitrogen and oxygen atoms in total. The van der Waals surface area contributed by atoms with E-state index >= 15 is 0 Å². The zero-order valence-corrected chi connectivity index (χ0v) is 19.6. The second-order valence-corrected chi connectivity index (χ2v) is 7.80. The van der Waals surface area contributed by atoms with Gasteiger partial charge in [-0.05, 0) is 61.0 Å². The molecule has 0 aliphatic carbocycles. The number of nitro benzene ring substituents is 1. The van der Waals surface area contributed by atoms with Gasteiger partial charge in [0, 0.05) is 18.2 Å². The summed E-state index contributed by atoms with van der Waals surface area (Å²) in [5.74, 6) is -3.34. The largest absolute Gasteiger partial charge is 0.489 e. The Morgan fingerprint density at radius 3 is 2.26 bits per heavy atom. The average molecular weight is 529 g/mol. The van der Waals surface area contributed by atoms with Crippen molar-refractivity contribution in [3.63, 3.8) is 0 Å². The highest BCUT2D eigenvalue weighted by Crippen LogP contribution is 2.38. The molecule has 0 atom stereocenters. The summed E-state index contributed by atoms with van der Waals surface area (Å²) in [4.78, 5) is 35.0. The number of nitro groups is 1. The van der Waals surface area contributed by atoms with Gasteiger partial charge < -0.3 is 18.6 Å². The van der Waals surface area contributed by atoms with Gasteiger partial charge in [0.2, 0.25) is 11.2 Å². The van der Waals surface area contributed by atoms with Gasteiger partial charge in [0.05, 0.1) is 22.5 Å². The minimum atomic E-state index is -5.07. The van der Waals surface area contributed by atoms with Gasteiger partial charge in [-0.2, -0.15) is 13.2 Å². The molecule has 0 fully saturated rings. The summed E-state index contributed by atoms with van der Waals surface area (Å²) in [5, 5.41) is 10.6. The van der Waals surface area contributed by atoms with E-state index in [4.69, 9.17) is 18.6 Å². The van der Waals surface area contributed by atoms with Crippen LogP contribution in [0.5, 0.6) is 17.2 Å². The number of benzene rings is 3. The minimum Gasteiger partial charge on any atom is -0.489 e. The van der Waals surface area contributed by atoms with E-state index in [9.17, 15) is 32.9 Å². The lowest BCUT2D eigenvalue weighted by molar-refractivity contribution is -0.384. The lowest BCUT2D eigenvalue weighted by Crippen LogP contribution is -2.15. The summed E-state index contributed by atoms with van der Waals surface area (Å²) in [6.45, 7) is 1.73. The highest BCUT2D eigenvalue weighted by molar-refractivity contribution is 5.89. The average Bonchev–Trinajstić information content (AvgIpc) is 2.89. The maximum absolute atomic E-state index is 13.8. The van der Waals surface area contributed by atoms with E-state index in [1.165, 1.54) is 60.7 Å². The number of ether oxygens (including phenoxy) is 3. The first-order chi connectivity index (χ1) is 18.1. The monoisotopic (exact) mass is 529 g/mol. The zero-order chi connectivity index (χ0) is 27.4. The van der Waals surface area contributed by atoms with E-state index in [1.807, 2.05) is 0 Å². The number of hydrogen-bond donors (Lipinski definition) is 0. The van der Waals surface area contributed by atoms with Crippen LogP contribution in [-0.4, -0.2) is 17.5 Å². The Bertz CT molecular complexity index is 1540. The van der Waals surface area contributed by atoms with Crippen LogP contribution in [-0.2, 0) is 17.5 Å². The third-order valence-electron chi connectivity index (χ3n) is 5.22. The minimum absolute atomic E-state index is 0.0388. The molecule has 0 aliphatic heterocycles. The molecule has 12 heteroatoms. The van der Waals surface area contributed by atoms with E-state index in [1.54, 1.807) is 6.92 Å². The van der Waals surface area contributed by atoms with Gasteiger partial charge in [0.1, 0.15) is 23.7 Å². The van der Waals surface area contributed by atoms with Crippen molar-refractivity contribution in [3.8, 4) is 17.2 Å². The van der Waals surface area contributed by atoms with Gasteiger partial charge in [-0.1, -0.05) is 0 Å². The lowest BCUT2D eigenvalue weighted by atomic mass is 10.2. The molecule has 4 rings (SSSR count). The number of carbonyl (C=O) groups is 1. The van der Waals surface area contributed by atoms with Gasteiger partial charge in [-0.15, -0.1) is 0 Å². The Kier molecular flexibility index (Phi) is 7.33. The van der Waals surface area contributed by atoms with E-state index < -0.39 is 34.0 Å². The first-order valence-electron chi connectivity index (χ1n) is 11.1. The summed E-state index contributed by atoms with van der Waals surface area (Å²) in [6, 6.07) is 14.3. The van der Waals surface area contributed by atoms with Crippen molar-refractivity contribution in [1.29, 1.82) is 0 Å². The van der Waals surface area contributed by atoms with Gasteiger partial charge in [0.25, 0.3) is 11.4 Å². The van der Waals surface area contributed by atoms with Crippen molar-refractivity contribution in [2.45, 2.75) is 19.7 Å². The molecule has 0 unspecified atom stereocenters. The van der Waals surface area contributed by atoms with Crippen LogP contribution in [0.15, 0.2) is 75.9 Å². The molecule has 0 saturated carbocycles. The summed E-state index contributed by atoms with van der Waals surface area (Å²) < 4.78 is 62.2. The Balaban J connectivity index is 1.62. The van der Waals surface area contributed by atoms with E-state index in [0.717, 1.165) is 6.07 Å². The van der Waals surface area contributed by atoms with Crippen LogP contribution in [0.2, 0.25) is 0 Å². The van der Waals surface area contributed by atoms with Crippen LogP contribution in [0.4, 0.5) is 18.9 Å². The fraction of sp³-hybridized carbons (Fsp3) is 0.154. The molecule has 1 aromatic heterocycles. The number of rotatable bonds is 8. The maximum atomic E-state index is 13.8. The highest BCUT2D eigenvalue weighted by Gasteiger charge is 2.40. The molecular formula is C26H18F3NO8. The number of non-ortho nitro benzene ring substituents is 1. The van der Waals surface area contributed by atoms with Crippen molar-refractivity contribution in [1.82, 2.24) is 0 Å². The Labute approximate surface area is 212 Å². The number of halogens is 3. The maximum Gasteiger partial charge on any atom is 0.453 e. The highest BCUT2D eigenvalue weighted by atomic mass is 19.4. The topological polar surface area (TPSA) is 118 Å². The lowest BCUT2D eigenvalue weighted by Gasteiger charge is -2.14.